The van der Waals surface area contributed by atoms with E-state index in [1.807, 2.05) is 0 Å². The number of aryl methyl sites for hydroxylation is 1. The summed E-state index contributed by atoms with van der Waals surface area (Å²) in [6, 6.07) is 4.26. The third-order valence-electron chi connectivity index (χ3n) is 2.61. The number of hydrogen-bond acceptors (Lipinski definition) is 4. The third kappa shape index (κ3) is 3.98. The van der Waals surface area contributed by atoms with E-state index >= 15 is 0 Å². The number of nitrogens with zero attached hydrogens (tertiary/aromatic N) is 1. The van der Waals surface area contributed by atoms with Gasteiger partial charge in [-0.05, 0) is 24.6 Å². The summed E-state index contributed by atoms with van der Waals surface area (Å²) < 4.78 is 41.2. The van der Waals surface area contributed by atoms with Crippen LogP contribution in [0.2, 0.25) is 0 Å². The van der Waals surface area contributed by atoms with E-state index in [1.165, 1.54) is 12.1 Å². The van der Waals surface area contributed by atoms with Crippen LogP contribution in [0.15, 0.2) is 28.8 Å². The minimum absolute atomic E-state index is 0.0574. The summed E-state index contributed by atoms with van der Waals surface area (Å²) in [5.41, 5.74) is 0.741. The normalized spacial score (nSPS) is 11.4. The number of phenols is 1. The molecule has 5 nitrogen and oxygen atoms in total. The van der Waals surface area contributed by atoms with Crippen LogP contribution in [0.1, 0.15) is 21.8 Å². The van der Waals surface area contributed by atoms with Gasteiger partial charge in [-0.15, -0.1) is 0 Å². The second kappa shape index (κ2) is 5.47. The number of rotatable bonds is 3. The van der Waals surface area contributed by atoms with Gasteiger partial charge in [-0.1, -0.05) is 6.07 Å². The Bertz CT molecular complexity index is 665. The van der Waals surface area contributed by atoms with Crippen molar-refractivity contribution in [2.75, 3.05) is 5.32 Å². The van der Waals surface area contributed by atoms with Gasteiger partial charge in [0.25, 0.3) is 5.91 Å². The SMILES string of the molecule is Cc1ccc(C(=O)Nc2cnc(CC(F)(F)F)o2)cc1O. The summed E-state index contributed by atoms with van der Waals surface area (Å²) >= 11 is 0. The highest BCUT2D eigenvalue weighted by atomic mass is 19.4. The number of phenolic OH excluding ortho intramolecular Hbond substituents is 1. The molecule has 0 bridgehead atoms. The van der Waals surface area contributed by atoms with Crippen molar-refractivity contribution in [2.24, 2.45) is 0 Å². The average molecular weight is 300 g/mol. The molecule has 2 N–H and O–H groups in total. The summed E-state index contributed by atoms with van der Waals surface area (Å²) in [6.07, 6.45) is -4.75. The summed E-state index contributed by atoms with van der Waals surface area (Å²) in [4.78, 5) is 15.3. The first-order valence-electron chi connectivity index (χ1n) is 5.87. The monoisotopic (exact) mass is 300 g/mol. The van der Waals surface area contributed by atoms with Crippen LogP contribution in [0.5, 0.6) is 5.75 Å². The molecule has 0 saturated heterocycles. The number of amides is 1. The second-order valence-corrected chi connectivity index (χ2v) is 4.37. The van der Waals surface area contributed by atoms with Crippen molar-refractivity contribution < 1.29 is 27.5 Å². The molecule has 8 heteroatoms. The van der Waals surface area contributed by atoms with Crippen LogP contribution in [-0.2, 0) is 6.42 Å². The van der Waals surface area contributed by atoms with Crippen LogP contribution < -0.4 is 5.32 Å². The van der Waals surface area contributed by atoms with E-state index in [1.54, 1.807) is 13.0 Å². The van der Waals surface area contributed by atoms with Crippen molar-refractivity contribution in [2.45, 2.75) is 19.5 Å². The highest BCUT2D eigenvalue weighted by Crippen LogP contribution is 2.23. The van der Waals surface area contributed by atoms with Crippen molar-refractivity contribution in [3.63, 3.8) is 0 Å². The molecule has 2 aromatic rings. The zero-order valence-corrected chi connectivity index (χ0v) is 10.9. The van der Waals surface area contributed by atoms with Gasteiger partial charge in [0, 0.05) is 5.56 Å². The molecule has 0 fully saturated rings. The molecule has 0 radical (unpaired) electrons. The van der Waals surface area contributed by atoms with E-state index in [0.29, 0.717) is 5.56 Å². The lowest BCUT2D eigenvalue weighted by Gasteiger charge is -2.04. The minimum atomic E-state index is -4.44. The maximum absolute atomic E-state index is 12.1. The van der Waals surface area contributed by atoms with E-state index in [4.69, 9.17) is 4.42 Å². The molecule has 0 aliphatic carbocycles. The number of nitrogens with one attached hydrogen (secondary N) is 1. The Morgan fingerprint density at radius 1 is 1.43 bits per heavy atom. The number of halogens is 3. The first-order chi connectivity index (χ1) is 9.74. The molecular weight excluding hydrogens is 289 g/mol. The molecule has 21 heavy (non-hydrogen) atoms. The predicted octanol–water partition coefficient (Wildman–Crippen LogP) is 3.05. The lowest BCUT2D eigenvalue weighted by Crippen LogP contribution is -2.12. The Labute approximate surface area is 117 Å². The predicted molar refractivity (Wildman–Crippen MR) is 67.1 cm³/mol. The van der Waals surface area contributed by atoms with E-state index in [0.717, 1.165) is 6.20 Å². The fourth-order valence-electron chi connectivity index (χ4n) is 1.56. The van der Waals surface area contributed by atoms with Gasteiger partial charge < -0.3 is 9.52 Å². The Balaban J connectivity index is 2.07. The number of anilines is 1. The summed E-state index contributed by atoms with van der Waals surface area (Å²) in [6.45, 7) is 1.66. The smallest absolute Gasteiger partial charge is 0.397 e. The molecule has 0 aliphatic rings. The molecule has 112 valence electrons. The van der Waals surface area contributed by atoms with E-state index in [9.17, 15) is 23.1 Å². The molecule has 1 aromatic heterocycles. The molecule has 2 rings (SSSR count). The zero-order valence-electron chi connectivity index (χ0n) is 10.9. The highest BCUT2D eigenvalue weighted by Gasteiger charge is 2.30. The third-order valence-corrected chi connectivity index (χ3v) is 2.61. The molecule has 0 saturated carbocycles. The van der Waals surface area contributed by atoms with Crippen molar-refractivity contribution >= 4 is 11.8 Å². The van der Waals surface area contributed by atoms with Crippen LogP contribution in [0.3, 0.4) is 0 Å². The number of aromatic nitrogens is 1. The number of aromatic hydroxyl groups is 1. The largest absolute Gasteiger partial charge is 0.508 e. The zero-order chi connectivity index (χ0) is 15.6. The van der Waals surface area contributed by atoms with E-state index < -0.39 is 24.4 Å². The summed E-state index contributed by atoms with van der Waals surface area (Å²) in [7, 11) is 0. The highest BCUT2D eigenvalue weighted by molar-refractivity contribution is 6.03. The van der Waals surface area contributed by atoms with Gasteiger partial charge in [-0.3, -0.25) is 10.1 Å². The minimum Gasteiger partial charge on any atom is -0.508 e. The molecule has 0 atom stereocenters. The number of hydrogen-bond donors (Lipinski definition) is 2. The molecule has 1 aromatic carbocycles. The van der Waals surface area contributed by atoms with Gasteiger partial charge in [0.05, 0.1) is 6.20 Å². The molecule has 0 unspecified atom stereocenters. The second-order valence-electron chi connectivity index (χ2n) is 4.37. The van der Waals surface area contributed by atoms with Gasteiger partial charge in [-0.2, -0.15) is 13.2 Å². The summed E-state index contributed by atoms with van der Waals surface area (Å²) in [5.74, 6) is -1.41. The lowest BCUT2D eigenvalue weighted by atomic mass is 10.1. The Hall–Kier alpha value is -2.51. The fourth-order valence-corrected chi connectivity index (χ4v) is 1.56. The maximum atomic E-state index is 12.1. The summed E-state index contributed by atoms with van der Waals surface area (Å²) in [5, 5.41) is 11.8. The van der Waals surface area contributed by atoms with Gasteiger partial charge in [0.2, 0.25) is 11.8 Å². The van der Waals surface area contributed by atoms with Crippen LogP contribution in [0, 0.1) is 6.92 Å². The van der Waals surface area contributed by atoms with Gasteiger partial charge in [0.15, 0.2) is 0 Å². The first-order valence-corrected chi connectivity index (χ1v) is 5.87. The van der Waals surface area contributed by atoms with E-state index in [2.05, 4.69) is 10.3 Å². The number of oxazole rings is 1. The molecule has 0 aliphatic heterocycles. The molecular formula is C13H11F3N2O3. The maximum Gasteiger partial charge on any atom is 0.397 e. The quantitative estimate of drug-likeness (QED) is 0.913. The molecule has 1 amide bonds. The average Bonchev–Trinajstić information content (AvgIpc) is 2.77. The van der Waals surface area contributed by atoms with Crippen molar-refractivity contribution in [3.8, 4) is 5.75 Å². The molecule has 1 heterocycles. The van der Waals surface area contributed by atoms with E-state index in [-0.39, 0.29) is 17.2 Å². The van der Waals surface area contributed by atoms with Gasteiger partial charge in [0.1, 0.15) is 12.2 Å². The van der Waals surface area contributed by atoms with Gasteiger partial charge in [-0.25, -0.2) is 4.98 Å². The standard InChI is InChI=1S/C13H11F3N2O3/c1-7-2-3-8(4-9(7)19)12(20)18-11-6-17-10(21-11)5-13(14,15)16/h2-4,6,19H,5H2,1H3,(H,18,20). The van der Waals surface area contributed by atoms with Crippen LogP contribution in [0.4, 0.5) is 19.1 Å². The number of carbonyl (C=O) groups is 1. The van der Waals surface area contributed by atoms with Crippen molar-refractivity contribution in [1.82, 2.24) is 4.98 Å². The number of carbonyl (C=O) groups excluding carboxylic acids is 1. The van der Waals surface area contributed by atoms with Crippen molar-refractivity contribution in [1.29, 1.82) is 0 Å². The van der Waals surface area contributed by atoms with Crippen LogP contribution >= 0.6 is 0 Å². The first kappa shape index (κ1) is 14.9. The van der Waals surface area contributed by atoms with Crippen molar-refractivity contribution in [3.05, 3.63) is 41.4 Å². The van der Waals surface area contributed by atoms with Gasteiger partial charge >= 0.3 is 6.18 Å². The Morgan fingerprint density at radius 3 is 2.76 bits per heavy atom. The van der Waals surface area contributed by atoms with Crippen LogP contribution in [0.25, 0.3) is 0 Å². The topological polar surface area (TPSA) is 75.4 Å². The fraction of sp³-hybridized carbons (Fsp3) is 0.231. The number of alkyl halides is 3. The van der Waals surface area contributed by atoms with Crippen LogP contribution in [-0.4, -0.2) is 22.2 Å². The number of benzene rings is 1. The molecule has 0 spiro atoms. The Kier molecular flexibility index (Phi) is 3.88. The lowest BCUT2D eigenvalue weighted by molar-refractivity contribution is -0.130. The Morgan fingerprint density at radius 2 is 2.14 bits per heavy atom.